The number of rotatable bonds is 4. The largest absolute Gasteiger partial charge is 0.482 e. The monoisotopic (exact) mass is 368 g/mol. The molecule has 1 saturated heterocycles. The number of benzene rings is 1. The van der Waals surface area contributed by atoms with Crippen molar-refractivity contribution in [1.29, 1.82) is 0 Å². The molecule has 1 amide bonds. The number of methoxy groups -OCH3 is 1. The summed E-state index contributed by atoms with van der Waals surface area (Å²) in [6.07, 6.45) is 2.73. The van der Waals surface area contributed by atoms with Crippen LogP contribution in [0.5, 0.6) is 5.75 Å². The molecule has 0 spiro atoms. The van der Waals surface area contributed by atoms with Gasteiger partial charge in [0.1, 0.15) is 12.3 Å². The molecule has 8 nitrogen and oxygen atoms in total. The van der Waals surface area contributed by atoms with Gasteiger partial charge < -0.3 is 9.47 Å². The van der Waals surface area contributed by atoms with Crippen molar-refractivity contribution in [3.8, 4) is 5.75 Å². The summed E-state index contributed by atoms with van der Waals surface area (Å²) in [5, 5.41) is 0. The van der Waals surface area contributed by atoms with E-state index in [9.17, 15) is 18.0 Å². The minimum absolute atomic E-state index is 0.125. The molecule has 9 heteroatoms. The van der Waals surface area contributed by atoms with Gasteiger partial charge in [0.05, 0.1) is 17.7 Å². The fourth-order valence-electron chi connectivity index (χ4n) is 2.97. The van der Waals surface area contributed by atoms with Crippen molar-refractivity contribution in [2.24, 2.45) is 0 Å². The normalized spacial score (nSPS) is 18.4. The lowest BCUT2D eigenvalue weighted by atomic mass is 10.2. The number of hydrogen-bond acceptors (Lipinski definition) is 6. The number of ether oxygens (including phenoxy) is 2. The van der Waals surface area contributed by atoms with E-state index < -0.39 is 16.0 Å². The molecule has 0 unspecified atom stereocenters. The van der Waals surface area contributed by atoms with E-state index in [1.165, 1.54) is 34.5 Å². The van der Waals surface area contributed by atoms with Gasteiger partial charge in [-0.05, 0) is 25.0 Å². The highest BCUT2D eigenvalue weighted by Gasteiger charge is 2.31. The Kier molecular flexibility index (Phi) is 4.96. The zero-order valence-corrected chi connectivity index (χ0v) is 14.8. The van der Waals surface area contributed by atoms with Crippen molar-refractivity contribution in [2.75, 3.05) is 38.3 Å². The summed E-state index contributed by atoms with van der Waals surface area (Å²) in [6.45, 7) is 0.515. The molecule has 0 saturated carbocycles. The highest BCUT2D eigenvalue weighted by atomic mass is 32.2. The predicted molar refractivity (Wildman–Crippen MR) is 88.9 cm³/mol. The van der Waals surface area contributed by atoms with Gasteiger partial charge in [0, 0.05) is 19.2 Å². The van der Waals surface area contributed by atoms with E-state index in [0.29, 0.717) is 18.8 Å². The van der Waals surface area contributed by atoms with E-state index in [1.54, 1.807) is 0 Å². The van der Waals surface area contributed by atoms with E-state index >= 15 is 0 Å². The first kappa shape index (κ1) is 17.7. The molecule has 1 aromatic carbocycles. The molecular weight excluding hydrogens is 348 g/mol. The molecule has 3 rings (SSSR count). The van der Waals surface area contributed by atoms with E-state index in [0.717, 1.165) is 19.3 Å². The van der Waals surface area contributed by atoms with Crippen LogP contribution in [0.3, 0.4) is 0 Å². The van der Waals surface area contributed by atoms with Crippen LogP contribution < -0.4 is 9.64 Å². The summed E-state index contributed by atoms with van der Waals surface area (Å²) in [6, 6.07) is 4.34. The number of nitrogens with zero attached hydrogens (tertiary/aromatic N) is 2. The van der Waals surface area contributed by atoms with Gasteiger partial charge in [-0.25, -0.2) is 8.42 Å². The topological polar surface area (TPSA) is 93.2 Å². The number of anilines is 1. The minimum Gasteiger partial charge on any atom is -0.482 e. The Balaban J connectivity index is 1.91. The fourth-order valence-corrected chi connectivity index (χ4v) is 4.50. The summed E-state index contributed by atoms with van der Waals surface area (Å²) < 4.78 is 37.0. The van der Waals surface area contributed by atoms with Crippen molar-refractivity contribution in [1.82, 2.24) is 4.31 Å². The molecule has 0 radical (unpaired) electrons. The van der Waals surface area contributed by atoms with Crippen LogP contribution in [-0.2, 0) is 24.3 Å². The summed E-state index contributed by atoms with van der Waals surface area (Å²) in [7, 11) is -2.36. The number of esters is 1. The standard InChI is InChI=1S/C16H20N2O6S/c1-23-16(20)10-18-13-6-5-12(9-14(13)24-11-15(18)19)25(21,22)17-7-3-2-4-8-17/h5-6,9H,2-4,7-8,10-11H2,1H3. The van der Waals surface area contributed by atoms with Gasteiger partial charge in [-0.15, -0.1) is 0 Å². The Bertz CT molecular complexity index is 786. The average Bonchev–Trinajstić information content (AvgIpc) is 2.64. The summed E-state index contributed by atoms with van der Waals surface area (Å²) in [5.74, 6) is -0.683. The van der Waals surface area contributed by atoms with Crippen LogP contribution >= 0.6 is 0 Å². The van der Waals surface area contributed by atoms with Gasteiger partial charge in [0.2, 0.25) is 10.0 Å². The van der Waals surface area contributed by atoms with Gasteiger partial charge in [-0.3, -0.25) is 14.5 Å². The quantitative estimate of drug-likeness (QED) is 0.729. The molecule has 25 heavy (non-hydrogen) atoms. The van der Waals surface area contributed by atoms with Gasteiger partial charge >= 0.3 is 5.97 Å². The number of fused-ring (bicyclic) bond motifs is 1. The Labute approximate surface area is 146 Å². The molecule has 0 aliphatic carbocycles. The van der Waals surface area contributed by atoms with Crippen LogP contribution in [-0.4, -0.2) is 58.0 Å². The van der Waals surface area contributed by atoms with E-state index in [1.807, 2.05) is 0 Å². The maximum Gasteiger partial charge on any atom is 0.325 e. The lowest BCUT2D eigenvalue weighted by molar-refractivity contribution is -0.140. The van der Waals surface area contributed by atoms with Crippen LogP contribution in [0.15, 0.2) is 23.1 Å². The number of carbonyl (C=O) groups excluding carboxylic acids is 2. The van der Waals surface area contributed by atoms with E-state index in [2.05, 4.69) is 4.74 Å². The molecule has 0 aromatic heterocycles. The van der Waals surface area contributed by atoms with Gasteiger partial charge in [0.25, 0.3) is 5.91 Å². The molecule has 2 aliphatic heterocycles. The Morgan fingerprint density at radius 3 is 2.64 bits per heavy atom. The average molecular weight is 368 g/mol. The van der Waals surface area contributed by atoms with Gasteiger partial charge in [-0.1, -0.05) is 6.42 Å². The third-order valence-electron chi connectivity index (χ3n) is 4.34. The summed E-state index contributed by atoms with van der Waals surface area (Å²) >= 11 is 0. The molecule has 0 atom stereocenters. The SMILES string of the molecule is COC(=O)CN1C(=O)COc2cc(S(=O)(=O)N3CCCCC3)ccc21. The molecular formula is C16H20N2O6S. The molecule has 0 bridgehead atoms. The van der Waals surface area contributed by atoms with Crippen LogP contribution in [0, 0.1) is 0 Å². The lowest BCUT2D eigenvalue weighted by Crippen LogP contribution is -2.42. The zero-order chi connectivity index (χ0) is 18.0. The number of sulfonamides is 1. The maximum absolute atomic E-state index is 12.8. The molecule has 2 heterocycles. The minimum atomic E-state index is -3.60. The second-order valence-corrected chi connectivity index (χ2v) is 7.88. The van der Waals surface area contributed by atoms with Crippen molar-refractivity contribution < 1.29 is 27.5 Å². The van der Waals surface area contributed by atoms with E-state index in [-0.39, 0.29) is 29.7 Å². The Morgan fingerprint density at radius 1 is 1.24 bits per heavy atom. The van der Waals surface area contributed by atoms with Gasteiger partial charge in [0.15, 0.2) is 6.61 Å². The smallest absolute Gasteiger partial charge is 0.325 e. The molecule has 136 valence electrons. The number of piperidine rings is 1. The van der Waals surface area contributed by atoms with Gasteiger partial charge in [-0.2, -0.15) is 4.31 Å². The number of carbonyl (C=O) groups is 2. The molecule has 1 aromatic rings. The third kappa shape index (κ3) is 3.47. The molecule has 0 N–H and O–H groups in total. The Hall–Kier alpha value is -2.13. The van der Waals surface area contributed by atoms with E-state index in [4.69, 9.17) is 4.74 Å². The van der Waals surface area contributed by atoms with Crippen molar-refractivity contribution in [3.05, 3.63) is 18.2 Å². The number of hydrogen-bond donors (Lipinski definition) is 0. The van der Waals surface area contributed by atoms with Crippen LogP contribution in [0.4, 0.5) is 5.69 Å². The summed E-state index contributed by atoms with van der Waals surface area (Å²) in [5.41, 5.74) is 0.360. The second kappa shape index (κ2) is 7.01. The number of amides is 1. The van der Waals surface area contributed by atoms with Crippen molar-refractivity contribution in [3.63, 3.8) is 0 Å². The fraction of sp³-hybridized carbons (Fsp3) is 0.500. The predicted octanol–water partition coefficient (Wildman–Crippen LogP) is 0.760. The highest BCUT2D eigenvalue weighted by molar-refractivity contribution is 7.89. The maximum atomic E-state index is 12.8. The first-order valence-electron chi connectivity index (χ1n) is 8.07. The zero-order valence-electron chi connectivity index (χ0n) is 13.9. The first-order chi connectivity index (χ1) is 11.9. The third-order valence-corrected chi connectivity index (χ3v) is 6.24. The first-order valence-corrected chi connectivity index (χ1v) is 9.51. The van der Waals surface area contributed by atoms with Crippen LogP contribution in [0.1, 0.15) is 19.3 Å². The molecule has 1 fully saturated rings. The lowest BCUT2D eigenvalue weighted by Gasteiger charge is -2.30. The molecule has 2 aliphatic rings. The second-order valence-electron chi connectivity index (χ2n) is 5.94. The Morgan fingerprint density at radius 2 is 1.96 bits per heavy atom. The van der Waals surface area contributed by atoms with Crippen molar-refractivity contribution >= 4 is 27.6 Å². The summed E-state index contributed by atoms with van der Waals surface area (Å²) in [4.78, 5) is 24.9. The van der Waals surface area contributed by atoms with Crippen molar-refractivity contribution in [2.45, 2.75) is 24.2 Å². The highest BCUT2D eigenvalue weighted by Crippen LogP contribution is 2.35. The van der Waals surface area contributed by atoms with Crippen LogP contribution in [0.2, 0.25) is 0 Å². The van der Waals surface area contributed by atoms with Crippen LogP contribution in [0.25, 0.3) is 0 Å².